The maximum atomic E-state index is 5.91. The lowest BCUT2D eigenvalue weighted by molar-refractivity contribution is 0.322. The second kappa shape index (κ2) is 5.06. The molecule has 4 heteroatoms. The van der Waals surface area contributed by atoms with E-state index in [9.17, 15) is 0 Å². The van der Waals surface area contributed by atoms with Crippen LogP contribution in [0.2, 0.25) is 0 Å². The van der Waals surface area contributed by atoms with E-state index in [4.69, 9.17) is 5.73 Å². The number of hydrogen-bond donors (Lipinski definition) is 2. The molecule has 0 spiro atoms. The van der Waals surface area contributed by atoms with E-state index >= 15 is 0 Å². The quantitative estimate of drug-likeness (QED) is 0.838. The van der Waals surface area contributed by atoms with Gasteiger partial charge in [-0.05, 0) is 44.6 Å². The van der Waals surface area contributed by atoms with Crippen LogP contribution >= 0.6 is 15.9 Å². The van der Waals surface area contributed by atoms with E-state index in [0.717, 1.165) is 22.4 Å². The average molecular weight is 284 g/mol. The highest BCUT2D eigenvalue weighted by Crippen LogP contribution is 2.24. The number of anilines is 2. The minimum Gasteiger partial charge on any atom is -0.397 e. The van der Waals surface area contributed by atoms with Crippen molar-refractivity contribution in [1.29, 1.82) is 0 Å². The van der Waals surface area contributed by atoms with Gasteiger partial charge in [-0.15, -0.1) is 0 Å². The second-order valence-corrected chi connectivity index (χ2v) is 5.30. The number of nitrogens with two attached hydrogens (primary N) is 1. The fourth-order valence-electron chi connectivity index (χ4n) is 2.15. The molecule has 1 unspecified atom stereocenters. The average Bonchev–Trinajstić information content (AvgIpc) is 2.66. The smallest absolute Gasteiger partial charge is 0.0585 e. The third-order valence-electron chi connectivity index (χ3n) is 3.21. The van der Waals surface area contributed by atoms with Gasteiger partial charge in [-0.1, -0.05) is 15.9 Å². The first kappa shape index (κ1) is 11.7. The van der Waals surface area contributed by atoms with E-state index in [1.54, 1.807) is 0 Å². The standard InChI is InChI=1S/C12H18BrN3/c1-16-6-2-3-10(16)8-15-12-7-9(13)4-5-11(12)14/h4-5,7,10,15H,2-3,6,8,14H2,1H3. The van der Waals surface area contributed by atoms with Gasteiger partial charge in [0, 0.05) is 17.1 Å². The number of nitrogens with zero attached hydrogens (tertiary/aromatic N) is 1. The molecule has 3 nitrogen and oxygen atoms in total. The van der Waals surface area contributed by atoms with Crippen LogP contribution in [0.15, 0.2) is 22.7 Å². The van der Waals surface area contributed by atoms with Crippen molar-refractivity contribution in [3.63, 3.8) is 0 Å². The largest absolute Gasteiger partial charge is 0.397 e. The maximum Gasteiger partial charge on any atom is 0.0585 e. The van der Waals surface area contributed by atoms with Crippen LogP contribution in [-0.4, -0.2) is 31.1 Å². The third kappa shape index (κ3) is 2.68. The van der Waals surface area contributed by atoms with Gasteiger partial charge >= 0.3 is 0 Å². The Labute approximate surface area is 105 Å². The predicted molar refractivity (Wildman–Crippen MR) is 72.7 cm³/mol. The highest BCUT2D eigenvalue weighted by molar-refractivity contribution is 9.10. The summed E-state index contributed by atoms with van der Waals surface area (Å²) in [6, 6.07) is 6.55. The minimum absolute atomic E-state index is 0.637. The summed E-state index contributed by atoms with van der Waals surface area (Å²) in [6.07, 6.45) is 2.58. The first-order valence-electron chi connectivity index (χ1n) is 5.66. The molecule has 0 bridgehead atoms. The van der Waals surface area contributed by atoms with Gasteiger partial charge in [0.2, 0.25) is 0 Å². The summed E-state index contributed by atoms with van der Waals surface area (Å²) >= 11 is 3.46. The van der Waals surface area contributed by atoms with Gasteiger partial charge in [-0.2, -0.15) is 0 Å². The van der Waals surface area contributed by atoms with Gasteiger partial charge in [-0.25, -0.2) is 0 Å². The molecular weight excluding hydrogens is 266 g/mol. The number of rotatable bonds is 3. The number of halogens is 1. The van der Waals surface area contributed by atoms with Crippen LogP contribution in [0.25, 0.3) is 0 Å². The van der Waals surface area contributed by atoms with Crippen molar-refractivity contribution >= 4 is 27.3 Å². The van der Waals surface area contributed by atoms with Gasteiger partial charge in [0.05, 0.1) is 11.4 Å². The lowest BCUT2D eigenvalue weighted by atomic mass is 10.2. The van der Waals surface area contributed by atoms with Crippen LogP contribution in [0.3, 0.4) is 0 Å². The summed E-state index contributed by atoms with van der Waals surface area (Å²) in [6.45, 7) is 2.18. The molecule has 1 aromatic rings. The van der Waals surface area contributed by atoms with E-state index in [0.29, 0.717) is 6.04 Å². The van der Waals surface area contributed by atoms with Crippen molar-refractivity contribution in [1.82, 2.24) is 4.90 Å². The molecule has 88 valence electrons. The van der Waals surface area contributed by atoms with E-state index in [2.05, 4.69) is 33.2 Å². The second-order valence-electron chi connectivity index (χ2n) is 4.39. The van der Waals surface area contributed by atoms with Gasteiger partial charge in [0.15, 0.2) is 0 Å². The van der Waals surface area contributed by atoms with E-state index < -0.39 is 0 Å². The Morgan fingerprint density at radius 3 is 3.06 bits per heavy atom. The molecule has 16 heavy (non-hydrogen) atoms. The third-order valence-corrected chi connectivity index (χ3v) is 3.71. The normalized spacial score (nSPS) is 21.2. The van der Waals surface area contributed by atoms with Crippen molar-refractivity contribution in [2.75, 3.05) is 31.2 Å². The van der Waals surface area contributed by atoms with E-state index in [1.807, 2.05) is 18.2 Å². The molecule has 0 aromatic heterocycles. The van der Waals surface area contributed by atoms with Crippen molar-refractivity contribution in [3.8, 4) is 0 Å². The fraction of sp³-hybridized carbons (Fsp3) is 0.500. The monoisotopic (exact) mass is 283 g/mol. The van der Waals surface area contributed by atoms with Crippen LogP contribution < -0.4 is 11.1 Å². The SMILES string of the molecule is CN1CCCC1CNc1cc(Br)ccc1N. The minimum atomic E-state index is 0.637. The summed E-state index contributed by atoms with van der Waals surface area (Å²) < 4.78 is 1.06. The maximum absolute atomic E-state index is 5.91. The summed E-state index contributed by atoms with van der Waals surface area (Å²) in [5.41, 5.74) is 7.74. The Hall–Kier alpha value is -0.740. The number of nitrogen functional groups attached to an aromatic ring is 1. The zero-order chi connectivity index (χ0) is 11.5. The number of benzene rings is 1. The van der Waals surface area contributed by atoms with Crippen LogP contribution in [0, 0.1) is 0 Å². The Kier molecular flexibility index (Phi) is 3.71. The number of likely N-dealkylation sites (tertiary alicyclic amines) is 1. The molecule has 1 fully saturated rings. The van der Waals surface area contributed by atoms with Crippen LogP contribution in [-0.2, 0) is 0 Å². The first-order valence-corrected chi connectivity index (χ1v) is 6.45. The molecule has 1 heterocycles. The number of likely N-dealkylation sites (N-methyl/N-ethyl adjacent to an activating group) is 1. The molecule has 0 radical (unpaired) electrons. The molecule has 1 aliphatic heterocycles. The molecule has 1 atom stereocenters. The van der Waals surface area contributed by atoms with Crippen LogP contribution in [0.1, 0.15) is 12.8 Å². The molecule has 0 saturated carbocycles. The molecule has 1 aromatic carbocycles. The van der Waals surface area contributed by atoms with Gasteiger partial charge < -0.3 is 16.0 Å². The molecular formula is C12H18BrN3. The summed E-state index contributed by atoms with van der Waals surface area (Å²) in [4.78, 5) is 2.40. The van der Waals surface area contributed by atoms with Crippen molar-refractivity contribution in [2.45, 2.75) is 18.9 Å². The molecule has 0 aliphatic carbocycles. The Morgan fingerprint density at radius 1 is 1.56 bits per heavy atom. The van der Waals surface area contributed by atoms with Gasteiger partial charge in [-0.3, -0.25) is 0 Å². The lowest BCUT2D eigenvalue weighted by Crippen LogP contribution is -2.31. The van der Waals surface area contributed by atoms with Gasteiger partial charge in [0.25, 0.3) is 0 Å². The van der Waals surface area contributed by atoms with Crippen molar-refractivity contribution < 1.29 is 0 Å². The fourth-order valence-corrected chi connectivity index (χ4v) is 2.51. The predicted octanol–water partition coefficient (Wildman–Crippen LogP) is 2.54. The highest BCUT2D eigenvalue weighted by Gasteiger charge is 2.20. The van der Waals surface area contributed by atoms with Crippen LogP contribution in [0.5, 0.6) is 0 Å². The summed E-state index contributed by atoms with van der Waals surface area (Å²) in [5.74, 6) is 0. The Balaban J connectivity index is 1.96. The molecule has 1 aliphatic rings. The zero-order valence-electron chi connectivity index (χ0n) is 9.54. The molecule has 1 saturated heterocycles. The van der Waals surface area contributed by atoms with E-state index in [-0.39, 0.29) is 0 Å². The summed E-state index contributed by atoms with van der Waals surface area (Å²) in [5, 5.41) is 3.43. The zero-order valence-corrected chi connectivity index (χ0v) is 11.1. The summed E-state index contributed by atoms with van der Waals surface area (Å²) in [7, 11) is 2.18. The van der Waals surface area contributed by atoms with E-state index in [1.165, 1.54) is 19.4 Å². The Morgan fingerprint density at radius 2 is 2.38 bits per heavy atom. The molecule has 2 rings (SSSR count). The molecule has 3 N–H and O–H groups in total. The first-order chi connectivity index (χ1) is 7.66. The van der Waals surface area contributed by atoms with Crippen LogP contribution in [0.4, 0.5) is 11.4 Å². The lowest BCUT2D eigenvalue weighted by Gasteiger charge is -2.21. The number of nitrogens with one attached hydrogen (secondary N) is 1. The topological polar surface area (TPSA) is 41.3 Å². The number of hydrogen-bond acceptors (Lipinski definition) is 3. The highest BCUT2D eigenvalue weighted by atomic mass is 79.9. The van der Waals surface area contributed by atoms with Crippen molar-refractivity contribution in [2.24, 2.45) is 0 Å². The van der Waals surface area contributed by atoms with Crippen molar-refractivity contribution in [3.05, 3.63) is 22.7 Å². The Bertz CT molecular complexity index is 367. The molecule has 0 amide bonds. The van der Waals surface area contributed by atoms with Gasteiger partial charge in [0.1, 0.15) is 0 Å².